The van der Waals surface area contributed by atoms with Crippen LogP contribution in [-0.2, 0) is 15.4 Å². The van der Waals surface area contributed by atoms with E-state index in [9.17, 15) is 13.2 Å². The van der Waals surface area contributed by atoms with Crippen molar-refractivity contribution in [3.05, 3.63) is 58.5 Å². The topological polar surface area (TPSA) is 83.8 Å². The molecule has 0 aliphatic heterocycles. The van der Waals surface area contributed by atoms with Crippen molar-refractivity contribution < 1.29 is 22.6 Å². The molecule has 2 aromatic carbocycles. The fourth-order valence-electron chi connectivity index (χ4n) is 3.01. The van der Waals surface area contributed by atoms with E-state index in [-0.39, 0.29) is 16.0 Å². The summed E-state index contributed by atoms with van der Waals surface area (Å²) in [5.74, 6) is 0.884. The van der Waals surface area contributed by atoms with E-state index < -0.39 is 15.6 Å². The van der Waals surface area contributed by atoms with Crippen molar-refractivity contribution in [1.29, 1.82) is 0 Å². The van der Waals surface area contributed by atoms with Crippen molar-refractivity contribution in [1.82, 2.24) is 3.97 Å². The van der Waals surface area contributed by atoms with Crippen LogP contribution in [0.15, 0.2) is 52.3 Å². The number of alkyl halides is 1. The van der Waals surface area contributed by atoms with E-state index in [1.807, 2.05) is 0 Å². The number of fused-ring (bicyclic) bond motifs is 1. The van der Waals surface area contributed by atoms with Crippen molar-refractivity contribution in [2.24, 2.45) is 0 Å². The quantitative estimate of drug-likeness (QED) is 0.517. The average molecular weight is 468 g/mol. The van der Waals surface area contributed by atoms with Crippen LogP contribution in [-0.4, -0.2) is 33.7 Å². The molecule has 9 heteroatoms. The molecule has 3 rings (SSSR count). The summed E-state index contributed by atoms with van der Waals surface area (Å²) >= 11 is 3.37. The molecular weight excluding hydrogens is 450 g/mol. The Balaban J connectivity index is 2.47. The summed E-state index contributed by atoms with van der Waals surface area (Å²) in [4.78, 5) is 13.2. The molecule has 0 amide bonds. The van der Waals surface area contributed by atoms with Crippen LogP contribution in [0.2, 0.25) is 0 Å². The predicted molar refractivity (Wildman–Crippen MR) is 110 cm³/mol. The first-order valence-electron chi connectivity index (χ1n) is 8.14. The van der Waals surface area contributed by atoms with Gasteiger partial charge in [0.05, 0.1) is 31.6 Å². The number of methoxy groups -OCH3 is 3. The van der Waals surface area contributed by atoms with E-state index in [0.29, 0.717) is 27.8 Å². The largest absolute Gasteiger partial charge is 0.493 e. The highest BCUT2D eigenvalue weighted by atomic mass is 79.9. The number of benzene rings is 2. The third-order valence-electron chi connectivity index (χ3n) is 4.30. The Bertz CT molecular complexity index is 1190. The molecule has 0 aliphatic carbocycles. The molecular formula is C19H18BrNO6S. The normalized spacial score (nSPS) is 11.4. The second-order valence-corrected chi connectivity index (χ2v) is 8.15. The number of rotatable bonds is 6. The van der Waals surface area contributed by atoms with Gasteiger partial charge in [0.2, 0.25) is 5.75 Å². The molecule has 0 N–H and O–H groups in total. The molecule has 0 fully saturated rings. The summed E-state index contributed by atoms with van der Waals surface area (Å²) in [6.45, 7) is 0. The van der Waals surface area contributed by atoms with Crippen LogP contribution in [0.25, 0.3) is 10.8 Å². The van der Waals surface area contributed by atoms with Crippen molar-refractivity contribution in [3.63, 3.8) is 0 Å². The zero-order valence-electron chi connectivity index (χ0n) is 15.4. The first kappa shape index (κ1) is 20.2. The maximum atomic E-state index is 13.2. The SMILES string of the molecule is COc1cc2c(=O)n(S(=O)(=O)c3ccccc3)cc(CBr)c2c(OC)c1OC. The minimum atomic E-state index is -4.08. The van der Waals surface area contributed by atoms with Gasteiger partial charge in [-0.3, -0.25) is 4.79 Å². The van der Waals surface area contributed by atoms with Crippen molar-refractivity contribution in [2.75, 3.05) is 21.3 Å². The first-order chi connectivity index (χ1) is 13.4. The molecule has 0 bridgehead atoms. The minimum Gasteiger partial charge on any atom is -0.493 e. The Morgan fingerprint density at radius 1 is 1.00 bits per heavy atom. The Kier molecular flexibility index (Phi) is 5.66. The van der Waals surface area contributed by atoms with Gasteiger partial charge in [0.1, 0.15) is 0 Å². The smallest absolute Gasteiger partial charge is 0.272 e. The molecule has 3 aromatic rings. The van der Waals surface area contributed by atoms with E-state index in [0.717, 1.165) is 3.97 Å². The average Bonchev–Trinajstić information content (AvgIpc) is 2.73. The maximum Gasteiger partial charge on any atom is 0.272 e. The summed E-state index contributed by atoms with van der Waals surface area (Å²) in [7, 11) is 0.254. The predicted octanol–water partition coefficient (Wildman–Crippen LogP) is 3.16. The Labute approximate surface area is 170 Å². The van der Waals surface area contributed by atoms with Gasteiger partial charge in [-0.1, -0.05) is 34.1 Å². The lowest BCUT2D eigenvalue weighted by molar-refractivity contribution is 0.327. The van der Waals surface area contributed by atoms with Crippen LogP contribution in [0.1, 0.15) is 5.56 Å². The monoisotopic (exact) mass is 467 g/mol. The van der Waals surface area contributed by atoms with E-state index in [1.54, 1.807) is 18.2 Å². The fraction of sp³-hybridized carbons (Fsp3) is 0.211. The Hall–Kier alpha value is -2.52. The van der Waals surface area contributed by atoms with E-state index >= 15 is 0 Å². The van der Waals surface area contributed by atoms with Crippen LogP contribution in [0.4, 0.5) is 0 Å². The number of nitrogens with zero attached hydrogens (tertiary/aromatic N) is 1. The third-order valence-corrected chi connectivity index (χ3v) is 6.56. The van der Waals surface area contributed by atoms with Crippen LogP contribution < -0.4 is 19.8 Å². The number of pyridine rings is 1. The van der Waals surface area contributed by atoms with E-state index in [2.05, 4.69) is 15.9 Å². The van der Waals surface area contributed by atoms with Gasteiger partial charge >= 0.3 is 0 Å². The molecule has 148 valence electrons. The maximum absolute atomic E-state index is 13.2. The zero-order chi connectivity index (χ0) is 20.5. The summed E-state index contributed by atoms with van der Waals surface area (Å²) < 4.78 is 43.0. The van der Waals surface area contributed by atoms with E-state index in [1.165, 1.54) is 45.7 Å². The standard InChI is InChI=1S/C19H18BrNO6S/c1-25-15-9-14-16(18(27-3)17(15)26-2)12(10-20)11-21(19(14)22)28(23,24)13-7-5-4-6-8-13/h4-9,11H,10H2,1-3H3. The molecule has 0 spiro atoms. The Morgan fingerprint density at radius 3 is 2.18 bits per heavy atom. The van der Waals surface area contributed by atoms with Gasteiger partial charge in [-0.25, -0.2) is 12.4 Å². The van der Waals surface area contributed by atoms with Gasteiger partial charge in [-0.05, 0) is 23.8 Å². The molecule has 0 aliphatic rings. The highest BCUT2D eigenvalue weighted by molar-refractivity contribution is 9.08. The second kappa shape index (κ2) is 7.84. The van der Waals surface area contributed by atoms with Crippen molar-refractivity contribution in [3.8, 4) is 17.2 Å². The third kappa shape index (κ3) is 3.14. The molecule has 0 atom stereocenters. The zero-order valence-corrected chi connectivity index (χ0v) is 17.8. The molecule has 0 saturated heterocycles. The van der Waals surface area contributed by atoms with Crippen LogP contribution in [0, 0.1) is 0 Å². The second-order valence-electron chi connectivity index (χ2n) is 5.77. The number of ether oxygens (including phenoxy) is 3. The summed E-state index contributed by atoms with van der Waals surface area (Å²) in [6, 6.07) is 9.24. The lowest BCUT2D eigenvalue weighted by atomic mass is 10.1. The molecule has 0 saturated carbocycles. The van der Waals surface area contributed by atoms with Crippen LogP contribution in [0.5, 0.6) is 17.2 Å². The molecule has 0 radical (unpaired) electrons. The molecule has 0 unspecified atom stereocenters. The molecule has 7 nitrogen and oxygen atoms in total. The lowest BCUT2D eigenvalue weighted by Crippen LogP contribution is -2.28. The van der Waals surface area contributed by atoms with Crippen LogP contribution >= 0.6 is 15.9 Å². The highest BCUT2D eigenvalue weighted by Gasteiger charge is 2.25. The first-order valence-corrected chi connectivity index (χ1v) is 10.7. The minimum absolute atomic E-state index is 0.0180. The van der Waals surface area contributed by atoms with Gasteiger partial charge in [0.15, 0.2) is 11.5 Å². The van der Waals surface area contributed by atoms with Gasteiger partial charge in [0, 0.05) is 16.9 Å². The van der Waals surface area contributed by atoms with Crippen LogP contribution in [0.3, 0.4) is 0 Å². The van der Waals surface area contributed by atoms with Gasteiger partial charge in [-0.2, -0.15) is 0 Å². The molecule has 1 heterocycles. The van der Waals surface area contributed by atoms with Crippen molar-refractivity contribution >= 4 is 36.7 Å². The molecule has 28 heavy (non-hydrogen) atoms. The number of halogens is 1. The number of aromatic nitrogens is 1. The number of hydrogen-bond acceptors (Lipinski definition) is 6. The highest BCUT2D eigenvalue weighted by Crippen LogP contribution is 2.44. The van der Waals surface area contributed by atoms with Gasteiger partial charge in [-0.15, -0.1) is 0 Å². The summed E-state index contributed by atoms with van der Waals surface area (Å²) in [5, 5.41) is 0.896. The lowest BCUT2D eigenvalue weighted by Gasteiger charge is -2.18. The summed E-state index contributed by atoms with van der Waals surface area (Å²) in [6.07, 6.45) is 1.30. The van der Waals surface area contributed by atoms with Gasteiger partial charge < -0.3 is 14.2 Å². The Morgan fingerprint density at radius 2 is 1.64 bits per heavy atom. The van der Waals surface area contributed by atoms with Gasteiger partial charge in [0.25, 0.3) is 15.6 Å². The molecule has 1 aromatic heterocycles. The fourth-order valence-corrected chi connectivity index (χ4v) is 4.75. The number of hydrogen-bond donors (Lipinski definition) is 0. The van der Waals surface area contributed by atoms with E-state index in [4.69, 9.17) is 14.2 Å². The van der Waals surface area contributed by atoms with Crippen molar-refractivity contribution in [2.45, 2.75) is 10.2 Å². The summed E-state index contributed by atoms with van der Waals surface area (Å²) in [5.41, 5.74) is -0.158.